The molecule has 0 aliphatic heterocycles. The summed E-state index contributed by atoms with van der Waals surface area (Å²) >= 11 is 5.91. The van der Waals surface area contributed by atoms with Crippen LogP contribution in [0, 0.1) is 0 Å². The lowest BCUT2D eigenvalue weighted by Crippen LogP contribution is -2.38. The topological polar surface area (TPSA) is 53.9 Å². The first-order valence-electron chi connectivity index (χ1n) is 7.87. The van der Waals surface area contributed by atoms with Crippen molar-refractivity contribution >= 4 is 47.5 Å². The van der Waals surface area contributed by atoms with Crippen LogP contribution in [-0.4, -0.2) is 44.1 Å². The SMILES string of the molecule is CCNC(=NCCCCC(=O)OC)N(C)Cc1ccc(Cl)cc1.I. The third kappa shape index (κ3) is 9.32. The molecule has 136 valence electrons. The molecule has 0 bridgehead atoms. The summed E-state index contributed by atoms with van der Waals surface area (Å²) in [4.78, 5) is 17.7. The Labute approximate surface area is 166 Å². The Balaban J connectivity index is 0.00000529. The number of nitrogens with zero attached hydrogens (tertiary/aromatic N) is 2. The molecule has 0 aromatic heterocycles. The molecule has 0 atom stereocenters. The van der Waals surface area contributed by atoms with Crippen LogP contribution < -0.4 is 5.32 Å². The zero-order valence-corrected chi connectivity index (χ0v) is 17.6. The van der Waals surface area contributed by atoms with Gasteiger partial charge in [0.1, 0.15) is 0 Å². The quantitative estimate of drug-likeness (QED) is 0.208. The van der Waals surface area contributed by atoms with E-state index < -0.39 is 0 Å². The molecule has 0 saturated carbocycles. The number of unbranched alkanes of at least 4 members (excludes halogenated alkanes) is 1. The van der Waals surface area contributed by atoms with E-state index >= 15 is 0 Å². The summed E-state index contributed by atoms with van der Waals surface area (Å²) in [5, 5.41) is 4.02. The normalized spacial score (nSPS) is 10.8. The van der Waals surface area contributed by atoms with Crippen molar-refractivity contribution in [2.24, 2.45) is 4.99 Å². The number of halogens is 2. The summed E-state index contributed by atoms with van der Waals surface area (Å²) in [6.45, 7) is 4.30. The third-order valence-corrected chi connectivity index (χ3v) is 3.56. The first-order valence-corrected chi connectivity index (χ1v) is 8.25. The Hall–Kier alpha value is -1.02. The van der Waals surface area contributed by atoms with Crippen LogP contribution in [0.15, 0.2) is 29.3 Å². The van der Waals surface area contributed by atoms with E-state index in [1.54, 1.807) is 0 Å². The average Bonchev–Trinajstić information content (AvgIpc) is 2.55. The molecule has 0 amide bonds. The molecule has 0 aliphatic rings. The van der Waals surface area contributed by atoms with E-state index in [2.05, 4.69) is 19.9 Å². The monoisotopic (exact) mass is 467 g/mol. The smallest absolute Gasteiger partial charge is 0.305 e. The molecule has 0 spiro atoms. The number of rotatable bonds is 8. The fourth-order valence-corrected chi connectivity index (χ4v) is 2.20. The Morgan fingerprint density at radius 1 is 1.29 bits per heavy atom. The minimum Gasteiger partial charge on any atom is -0.469 e. The van der Waals surface area contributed by atoms with Crippen LogP contribution in [-0.2, 0) is 16.1 Å². The van der Waals surface area contributed by atoms with Gasteiger partial charge in [-0.1, -0.05) is 23.7 Å². The number of guanidine groups is 1. The largest absolute Gasteiger partial charge is 0.469 e. The number of hydrogen-bond donors (Lipinski definition) is 1. The van der Waals surface area contributed by atoms with Gasteiger partial charge in [0.15, 0.2) is 5.96 Å². The number of ether oxygens (including phenoxy) is 1. The molecular weight excluding hydrogens is 441 g/mol. The van der Waals surface area contributed by atoms with Crippen molar-refractivity contribution in [2.45, 2.75) is 32.7 Å². The number of hydrogen-bond acceptors (Lipinski definition) is 3. The van der Waals surface area contributed by atoms with Gasteiger partial charge in [-0.15, -0.1) is 24.0 Å². The Morgan fingerprint density at radius 2 is 1.96 bits per heavy atom. The van der Waals surface area contributed by atoms with Crippen LogP contribution >= 0.6 is 35.6 Å². The second-order valence-electron chi connectivity index (χ2n) is 5.25. The minimum absolute atomic E-state index is 0. The molecule has 24 heavy (non-hydrogen) atoms. The van der Waals surface area contributed by atoms with E-state index in [4.69, 9.17) is 11.6 Å². The number of benzene rings is 1. The van der Waals surface area contributed by atoms with Gasteiger partial charge in [0.25, 0.3) is 0 Å². The van der Waals surface area contributed by atoms with Gasteiger partial charge in [-0.05, 0) is 37.5 Å². The minimum atomic E-state index is -0.166. The van der Waals surface area contributed by atoms with Crippen molar-refractivity contribution in [1.82, 2.24) is 10.2 Å². The van der Waals surface area contributed by atoms with E-state index in [1.165, 1.54) is 12.7 Å². The maximum atomic E-state index is 11.1. The zero-order valence-electron chi connectivity index (χ0n) is 14.5. The summed E-state index contributed by atoms with van der Waals surface area (Å²) in [6.07, 6.45) is 2.10. The molecular formula is C17H27ClIN3O2. The highest BCUT2D eigenvalue weighted by Crippen LogP contribution is 2.11. The van der Waals surface area contributed by atoms with Crippen LogP contribution in [0.3, 0.4) is 0 Å². The van der Waals surface area contributed by atoms with Crippen molar-refractivity contribution in [3.8, 4) is 0 Å². The Kier molecular flexibility index (Phi) is 12.7. The first kappa shape index (κ1) is 23.0. The molecule has 1 aromatic carbocycles. The van der Waals surface area contributed by atoms with Gasteiger partial charge in [0.2, 0.25) is 0 Å². The van der Waals surface area contributed by atoms with Gasteiger partial charge in [0.05, 0.1) is 7.11 Å². The maximum Gasteiger partial charge on any atom is 0.305 e. The van der Waals surface area contributed by atoms with Gasteiger partial charge >= 0.3 is 5.97 Å². The van der Waals surface area contributed by atoms with Crippen LogP contribution in [0.5, 0.6) is 0 Å². The Morgan fingerprint density at radius 3 is 2.54 bits per heavy atom. The summed E-state index contributed by atoms with van der Waals surface area (Å²) in [5.41, 5.74) is 1.17. The second kappa shape index (κ2) is 13.3. The molecule has 0 fully saturated rings. The Bertz CT molecular complexity index is 509. The number of nitrogens with one attached hydrogen (secondary N) is 1. The third-order valence-electron chi connectivity index (χ3n) is 3.31. The van der Waals surface area contributed by atoms with Crippen molar-refractivity contribution < 1.29 is 9.53 Å². The standard InChI is InChI=1S/C17H26ClN3O2.HI/c1-4-19-17(20-12-6-5-7-16(22)23-3)21(2)13-14-8-10-15(18)11-9-14;/h8-11H,4-7,12-13H2,1-3H3,(H,19,20);1H. The van der Waals surface area contributed by atoms with Crippen LogP contribution in [0.25, 0.3) is 0 Å². The lowest BCUT2D eigenvalue weighted by Gasteiger charge is -2.22. The summed E-state index contributed by atoms with van der Waals surface area (Å²) < 4.78 is 4.62. The van der Waals surface area contributed by atoms with Crippen molar-refractivity contribution in [3.05, 3.63) is 34.9 Å². The predicted molar refractivity (Wildman–Crippen MR) is 110 cm³/mol. The molecule has 0 unspecified atom stereocenters. The fourth-order valence-electron chi connectivity index (χ4n) is 2.08. The lowest BCUT2D eigenvalue weighted by molar-refractivity contribution is -0.140. The van der Waals surface area contributed by atoms with Gasteiger partial charge in [-0.25, -0.2) is 0 Å². The van der Waals surface area contributed by atoms with Gasteiger partial charge in [0, 0.05) is 38.1 Å². The van der Waals surface area contributed by atoms with E-state index in [-0.39, 0.29) is 29.9 Å². The molecule has 0 saturated heterocycles. The van der Waals surface area contributed by atoms with E-state index in [0.29, 0.717) is 13.0 Å². The fraction of sp³-hybridized carbons (Fsp3) is 0.529. The predicted octanol–water partition coefficient (Wildman–Crippen LogP) is 3.70. The molecule has 5 nitrogen and oxygen atoms in total. The van der Waals surface area contributed by atoms with Crippen molar-refractivity contribution in [2.75, 3.05) is 27.2 Å². The summed E-state index contributed by atoms with van der Waals surface area (Å²) in [7, 11) is 3.42. The molecule has 7 heteroatoms. The van der Waals surface area contributed by atoms with Crippen molar-refractivity contribution in [3.63, 3.8) is 0 Å². The van der Waals surface area contributed by atoms with Gasteiger partial charge < -0.3 is 15.0 Å². The molecule has 0 heterocycles. The number of carbonyl (C=O) groups excluding carboxylic acids is 1. The van der Waals surface area contributed by atoms with E-state index in [1.807, 2.05) is 38.2 Å². The maximum absolute atomic E-state index is 11.1. The highest BCUT2D eigenvalue weighted by molar-refractivity contribution is 14.0. The number of aliphatic imine (C=N–C) groups is 1. The number of carbonyl (C=O) groups is 1. The molecule has 1 N–H and O–H groups in total. The number of esters is 1. The molecule has 0 radical (unpaired) electrons. The van der Waals surface area contributed by atoms with E-state index in [9.17, 15) is 4.79 Å². The van der Waals surface area contributed by atoms with Crippen LogP contribution in [0.4, 0.5) is 0 Å². The number of methoxy groups -OCH3 is 1. The molecule has 1 rings (SSSR count). The van der Waals surface area contributed by atoms with Crippen LogP contribution in [0.1, 0.15) is 31.7 Å². The van der Waals surface area contributed by atoms with Crippen molar-refractivity contribution in [1.29, 1.82) is 0 Å². The zero-order chi connectivity index (χ0) is 17.1. The lowest BCUT2D eigenvalue weighted by atomic mass is 10.2. The summed E-state index contributed by atoms with van der Waals surface area (Å²) in [6, 6.07) is 7.81. The second-order valence-corrected chi connectivity index (χ2v) is 5.69. The molecule has 0 aliphatic carbocycles. The first-order chi connectivity index (χ1) is 11.1. The average molecular weight is 468 g/mol. The summed E-state index contributed by atoms with van der Waals surface area (Å²) in [5.74, 6) is 0.696. The highest BCUT2D eigenvalue weighted by Gasteiger charge is 2.06. The highest BCUT2D eigenvalue weighted by atomic mass is 127. The van der Waals surface area contributed by atoms with Crippen LogP contribution in [0.2, 0.25) is 5.02 Å². The van der Waals surface area contributed by atoms with E-state index in [0.717, 1.165) is 36.9 Å². The van der Waals surface area contributed by atoms with Gasteiger partial charge in [-0.2, -0.15) is 0 Å². The van der Waals surface area contributed by atoms with Gasteiger partial charge in [-0.3, -0.25) is 9.79 Å². The molecule has 1 aromatic rings.